The van der Waals surface area contributed by atoms with E-state index in [0.717, 1.165) is 0 Å². The molecule has 1 aromatic rings. The summed E-state index contributed by atoms with van der Waals surface area (Å²) in [5, 5.41) is 2.84. The minimum atomic E-state index is -2.90. The fraction of sp³-hybridized carbons (Fsp3) is 0.455. The van der Waals surface area contributed by atoms with Crippen LogP contribution in [0.2, 0.25) is 0 Å². The van der Waals surface area contributed by atoms with Crippen LogP contribution in [0.1, 0.15) is 23.2 Å². The van der Waals surface area contributed by atoms with Crippen LogP contribution in [0.4, 0.5) is 0 Å². The number of hydrogen-bond donors (Lipinski definition) is 1. The van der Waals surface area contributed by atoms with E-state index in [1.165, 1.54) is 0 Å². The summed E-state index contributed by atoms with van der Waals surface area (Å²) < 4.78 is 23.0. The lowest BCUT2D eigenvalue weighted by atomic mass is 10.1. The van der Waals surface area contributed by atoms with E-state index in [0.29, 0.717) is 23.0 Å². The fourth-order valence-corrected chi connectivity index (χ4v) is 3.77. The summed E-state index contributed by atoms with van der Waals surface area (Å²) in [6, 6.07) is 3.28. The van der Waals surface area contributed by atoms with Gasteiger partial charge in [0.25, 0.3) is 5.91 Å². The Morgan fingerprint density at radius 3 is 2.67 bits per heavy atom. The van der Waals surface area contributed by atoms with Gasteiger partial charge in [-0.1, -0.05) is 0 Å². The summed E-state index contributed by atoms with van der Waals surface area (Å²) in [5.41, 5.74) is 0.464. The number of carbonyl (C=O) groups is 1. The van der Waals surface area contributed by atoms with Crippen molar-refractivity contribution in [1.29, 1.82) is 0 Å². The highest BCUT2D eigenvalue weighted by atomic mass is 79.9. The number of hydrogen-bond acceptors (Lipinski definition) is 4. The van der Waals surface area contributed by atoms with E-state index in [2.05, 4.69) is 26.2 Å². The lowest BCUT2D eigenvalue weighted by molar-refractivity contribution is 0.0933. The molecule has 0 spiro atoms. The first-order valence-electron chi connectivity index (χ1n) is 5.60. The minimum Gasteiger partial charge on any atom is -0.349 e. The number of pyridine rings is 1. The molecule has 0 bridgehead atoms. The molecule has 98 valence electrons. The number of nitrogens with zero attached hydrogens (tertiary/aromatic N) is 1. The van der Waals surface area contributed by atoms with Gasteiger partial charge in [-0.05, 0) is 40.9 Å². The molecular formula is C11H13BrN2O3S. The molecule has 2 heterocycles. The third-order valence-corrected chi connectivity index (χ3v) is 5.24. The number of aromatic nitrogens is 1. The lowest BCUT2D eigenvalue weighted by Gasteiger charge is -2.23. The molecule has 7 heteroatoms. The van der Waals surface area contributed by atoms with Gasteiger partial charge in [0.2, 0.25) is 0 Å². The monoisotopic (exact) mass is 332 g/mol. The second-order valence-electron chi connectivity index (χ2n) is 4.24. The minimum absolute atomic E-state index is 0.0758. The molecule has 1 N–H and O–H groups in total. The van der Waals surface area contributed by atoms with Gasteiger partial charge in [-0.2, -0.15) is 0 Å². The van der Waals surface area contributed by atoms with Crippen LogP contribution in [0.25, 0.3) is 0 Å². The molecule has 18 heavy (non-hydrogen) atoms. The van der Waals surface area contributed by atoms with Gasteiger partial charge in [0.1, 0.15) is 14.4 Å². The van der Waals surface area contributed by atoms with Gasteiger partial charge in [-0.15, -0.1) is 0 Å². The summed E-state index contributed by atoms with van der Waals surface area (Å²) in [6.45, 7) is 0. The third kappa shape index (κ3) is 3.29. The molecule has 0 radical (unpaired) electrons. The first kappa shape index (κ1) is 13.5. The van der Waals surface area contributed by atoms with Gasteiger partial charge in [-0.3, -0.25) is 4.79 Å². The highest BCUT2D eigenvalue weighted by Crippen LogP contribution is 2.15. The van der Waals surface area contributed by atoms with Crippen LogP contribution in [0, 0.1) is 0 Å². The predicted octanol–water partition coefficient (Wildman–Crippen LogP) is 1.15. The SMILES string of the molecule is O=C(NC1CCS(=O)(=O)CC1)c1cccnc1Br. The van der Waals surface area contributed by atoms with Crippen LogP contribution in [0.15, 0.2) is 22.9 Å². The maximum absolute atomic E-state index is 12.0. The Morgan fingerprint density at radius 2 is 2.06 bits per heavy atom. The molecule has 0 unspecified atom stereocenters. The van der Waals surface area contributed by atoms with Gasteiger partial charge in [0, 0.05) is 12.2 Å². The van der Waals surface area contributed by atoms with Crippen LogP contribution in [-0.4, -0.2) is 36.9 Å². The zero-order valence-corrected chi connectivity index (χ0v) is 12.0. The zero-order valence-electron chi connectivity index (χ0n) is 9.60. The highest BCUT2D eigenvalue weighted by Gasteiger charge is 2.25. The summed E-state index contributed by atoms with van der Waals surface area (Å²) in [4.78, 5) is 15.9. The number of amides is 1. The molecule has 0 saturated carbocycles. The standard InChI is InChI=1S/C11H13BrN2O3S/c12-10-9(2-1-5-13-10)11(15)14-8-3-6-18(16,17)7-4-8/h1-2,5,8H,3-4,6-7H2,(H,14,15). The Labute approximate surface area is 114 Å². The number of sulfone groups is 1. The molecule has 0 aromatic carbocycles. The molecule has 1 aliphatic rings. The Kier molecular flexibility index (Phi) is 4.01. The predicted molar refractivity (Wildman–Crippen MR) is 71.1 cm³/mol. The van der Waals surface area contributed by atoms with Crippen molar-refractivity contribution in [2.45, 2.75) is 18.9 Å². The Bertz CT molecular complexity index is 545. The lowest BCUT2D eigenvalue weighted by Crippen LogP contribution is -2.41. The third-order valence-electron chi connectivity index (χ3n) is 2.89. The summed E-state index contributed by atoms with van der Waals surface area (Å²) >= 11 is 3.21. The summed E-state index contributed by atoms with van der Waals surface area (Å²) in [5.74, 6) is 0.0671. The van der Waals surface area contributed by atoms with Crippen molar-refractivity contribution in [1.82, 2.24) is 10.3 Å². The molecule has 2 rings (SSSR count). The average Bonchev–Trinajstić information content (AvgIpc) is 2.32. The molecule has 5 nitrogen and oxygen atoms in total. The molecule has 1 fully saturated rings. The first-order chi connectivity index (χ1) is 8.48. The molecule has 0 atom stereocenters. The quantitative estimate of drug-likeness (QED) is 0.824. The van der Waals surface area contributed by atoms with Crippen LogP contribution in [0.5, 0.6) is 0 Å². The molecule has 1 aromatic heterocycles. The first-order valence-corrected chi connectivity index (χ1v) is 8.21. The van der Waals surface area contributed by atoms with Crippen molar-refractivity contribution in [3.63, 3.8) is 0 Å². The van der Waals surface area contributed by atoms with E-state index in [4.69, 9.17) is 0 Å². The van der Waals surface area contributed by atoms with Crippen molar-refractivity contribution in [3.05, 3.63) is 28.5 Å². The zero-order chi connectivity index (χ0) is 13.2. The van der Waals surface area contributed by atoms with Crippen molar-refractivity contribution < 1.29 is 13.2 Å². The van der Waals surface area contributed by atoms with Gasteiger partial charge in [0.05, 0.1) is 17.1 Å². The second-order valence-corrected chi connectivity index (χ2v) is 7.30. The normalized spacial score (nSPS) is 19.4. The average molecular weight is 333 g/mol. The van der Waals surface area contributed by atoms with E-state index in [1.54, 1.807) is 18.3 Å². The highest BCUT2D eigenvalue weighted by molar-refractivity contribution is 9.10. The number of carbonyl (C=O) groups excluding carboxylic acids is 1. The molecular weight excluding hydrogens is 320 g/mol. The van der Waals surface area contributed by atoms with Gasteiger partial charge in [0.15, 0.2) is 0 Å². The van der Waals surface area contributed by atoms with E-state index < -0.39 is 9.84 Å². The second kappa shape index (κ2) is 5.36. The molecule has 1 aliphatic heterocycles. The van der Waals surface area contributed by atoms with Crippen LogP contribution < -0.4 is 5.32 Å². The maximum atomic E-state index is 12.0. The van der Waals surface area contributed by atoms with E-state index in [-0.39, 0.29) is 23.5 Å². The van der Waals surface area contributed by atoms with Crippen molar-refractivity contribution in [2.24, 2.45) is 0 Å². The van der Waals surface area contributed by atoms with Gasteiger partial charge < -0.3 is 5.32 Å². The smallest absolute Gasteiger partial charge is 0.254 e. The van der Waals surface area contributed by atoms with Crippen molar-refractivity contribution >= 4 is 31.7 Å². The molecule has 1 amide bonds. The Balaban J connectivity index is 1.99. The van der Waals surface area contributed by atoms with E-state index >= 15 is 0 Å². The van der Waals surface area contributed by atoms with Crippen LogP contribution in [-0.2, 0) is 9.84 Å². The Morgan fingerprint density at radius 1 is 1.39 bits per heavy atom. The van der Waals surface area contributed by atoms with Crippen molar-refractivity contribution in [2.75, 3.05) is 11.5 Å². The van der Waals surface area contributed by atoms with Crippen LogP contribution >= 0.6 is 15.9 Å². The topological polar surface area (TPSA) is 76.1 Å². The van der Waals surface area contributed by atoms with Crippen LogP contribution in [0.3, 0.4) is 0 Å². The molecule has 0 aliphatic carbocycles. The molecule has 1 saturated heterocycles. The van der Waals surface area contributed by atoms with Gasteiger partial charge >= 0.3 is 0 Å². The largest absolute Gasteiger partial charge is 0.349 e. The van der Waals surface area contributed by atoms with Crippen molar-refractivity contribution in [3.8, 4) is 0 Å². The Hall–Kier alpha value is -0.950. The van der Waals surface area contributed by atoms with E-state index in [1.807, 2.05) is 0 Å². The number of rotatable bonds is 2. The van der Waals surface area contributed by atoms with E-state index in [9.17, 15) is 13.2 Å². The fourth-order valence-electron chi connectivity index (χ4n) is 1.85. The summed E-state index contributed by atoms with van der Waals surface area (Å²) in [6.07, 6.45) is 2.55. The number of nitrogens with one attached hydrogen (secondary N) is 1. The number of halogens is 1. The van der Waals surface area contributed by atoms with Gasteiger partial charge in [-0.25, -0.2) is 13.4 Å². The maximum Gasteiger partial charge on any atom is 0.254 e. The summed E-state index contributed by atoms with van der Waals surface area (Å²) in [7, 11) is -2.90.